The molecule has 4 heterocycles. The molecule has 0 unspecified atom stereocenters. The van der Waals surface area contributed by atoms with Crippen LogP contribution in [0.5, 0.6) is 0 Å². The Labute approximate surface area is 145 Å². The number of nitrogens with zero attached hydrogens (tertiary/aromatic N) is 2. The Morgan fingerprint density at radius 1 is 1.46 bits per heavy atom. The summed E-state index contributed by atoms with van der Waals surface area (Å²) in [5.74, 6) is 0.0872. The van der Waals surface area contributed by atoms with E-state index >= 15 is 0 Å². The maximum absolute atomic E-state index is 12.8. The Morgan fingerprint density at radius 2 is 2.42 bits per heavy atom. The molecule has 0 aromatic carbocycles. The first kappa shape index (κ1) is 15.7. The maximum Gasteiger partial charge on any atom is 0.255 e. The fourth-order valence-corrected chi connectivity index (χ4v) is 4.16. The molecule has 2 aromatic rings. The quantitative estimate of drug-likeness (QED) is 0.856. The van der Waals surface area contributed by atoms with Gasteiger partial charge in [-0.1, -0.05) is 6.07 Å². The molecule has 2 aromatic heterocycles. The highest BCUT2D eigenvalue weighted by Gasteiger charge is 2.46. The van der Waals surface area contributed by atoms with Crippen molar-refractivity contribution in [2.24, 2.45) is 0 Å². The van der Waals surface area contributed by atoms with Gasteiger partial charge in [-0.25, -0.2) is 0 Å². The lowest BCUT2D eigenvalue weighted by molar-refractivity contribution is -0.0810. The van der Waals surface area contributed by atoms with E-state index in [9.17, 15) is 4.79 Å². The summed E-state index contributed by atoms with van der Waals surface area (Å²) in [7, 11) is 0. The minimum absolute atomic E-state index is 0.0296. The van der Waals surface area contributed by atoms with Crippen LogP contribution in [0.3, 0.4) is 0 Å². The second kappa shape index (κ2) is 7.01. The number of aromatic nitrogens is 1. The molecule has 4 rings (SSSR count). The van der Waals surface area contributed by atoms with Crippen LogP contribution < -0.4 is 0 Å². The fraction of sp³-hybridized carbons (Fsp3) is 0.444. The van der Waals surface area contributed by atoms with Gasteiger partial charge in [-0.05, 0) is 35.9 Å². The van der Waals surface area contributed by atoms with Gasteiger partial charge in [-0.15, -0.1) is 0 Å². The van der Waals surface area contributed by atoms with Crippen LogP contribution in [0.4, 0.5) is 0 Å². The molecule has 0 spiro atoms. The first-order valence-corrected chi connectivity index (χ1v) is 9.22. The number of pyridine rings is 1. The van der Waals surface area contributed by atoms with E-state index in [4.69, 9.17) is 9.47 Å². The molecule has 24 heavy (non-hydrogen) atoms. The molecule has 3 atom stereocenters. The summed E-state index contributed by atoms with van der Waals surface area (Å²) in [4.78, 5) is 18.9. The smallest absolute Gasteiger partial charge is 0.255 e. The van der Waals surface area contributed by atoms with Crippen molar-refractivity contribution in [2.45, 2.75) is 37.7 Å². The molecule has 1 amide bonds. The number of fused-ring (bicyclic) bond motifs is 1. The number of hydrogen-bond acceptors (Lipinski definition) is 5. The molecule has 126 valence electrons. The van der Waals surface area contributed by atoms with Gasteiger partial charge in [0.2, 0.25) is 0 Å². The lowest BCUT2D eigenvalue weighted by Crippen LogP contribution is -2.43. The van der Waals surface area contributed by atoms with Crippen molar-refractivity contribution in [1.29, 1.82) is 0 Å². The number of likely N-dealkylation sites (tertiary alicyclic amines) is 1. The molecule has 2 aliphatic heterocycles. The molecule has 0 radical (unpaired) electrons. The summed E-state index contributed by atoms with van der Waals surface area (Å²) in [5, 5.41) is 3.85. The molecule has 5 nitrogen and oxygen atoms in total. The predicted molar refractivity (Wildman–Crippen MR) is 90.9 cm³/mol. The molecular weight excluding hydrogens is 324 g/mol. The fourth-order valence-electron chi connectivity index (χ4n) is 3.53. The second-order valence-electron chi connectivity index (χ2n) is 6.23. The van der Waals surface area contributed by atoms with Crippen molar-refractivity contribution in [2.75, 3.05) is 13.2 Å². The molecule has 0 N–H and O–H groups in total. The number of thiophene rings is 1. The molecule has 0 aliphatic carbocycles. The lowest BCUT2D eigenvalue weighted by atomic mass is 10.0. The van der Waals surface area contributed by atoms with Crippen LogP contribution in [0.25, 0.3) is 0 Å². The molecule has 0 saturated carbocycles. The first-order chi connectivity index (χ1) is 11.8. The van der Waals surface area contributed by atoms with E-state index in [1.165, 1.54) is 0 Å². The third kappa shape index (κ3) is 3.09. The monoisotopic (exact) mass is 344 g/mol. The van der Waals surface area contributed by atoms with Gasteiger partial charge in [0.05, 0.1) is 24.8 Å². The molecule has 0 bridgehead atoms. The van der Waals surface area contributed by atoms with Crippen LogP contribution in [-0.4, -0.2) is 47.2 Å². The van der Waals surface area contributed by atoms with E-state index in [-0.39, 0.29) is 24.2 Å². The van der Waals surface area contributed by atoms with E-state index in [1.807, 2.05) is 40.1 Å². The number of carbonyl (C=O) groups is 1. The van der Waals surface area contributed by atoms with Gasteiger partial charge in [0, 0.05) is 24.4 Å². The van der Waals surface area contributed by atoms with Gasteiger partial charge in [0.25, 0.3) is 5.91 Å². The summed E-state index contributed by atoms with van der Waals surface area (Å²) in [6.45, 7) is 1.82. The van der Waals surface area contributed by atoms with Crippen LogP contribution in [0.2, 0.25) is 0 Å². The van der Waals surface area contributed by atoms with Crippen molar-refractivity contribution < 1.29 is 14.3 Å². The van der Waals surface area contributed by atoms with Crippen LogP contribution in [0, 0.1) is 0 Å². The van der Waals surface area contributed by atoms with Gasteiger partial charge >= 0.3 is 0 Å². The van der Waals surface area contributed by atoms with Crippen LogP contribution >= 0.6 is 11.3 Å². The third-order valence-electron chi connectivity index (χ3n) is 4.69. The molecule has 6 heteroatoms. The SMILES string of the molecule is O=C(c1ccsc1)N1C[C@@H](OCc2cccnc2)[C@H]2OCCC[C@H]21. The zero-order valence-corrected chi connectivity index (χ0v) is 14.2. The molecule has 2 aliphatic rings. The van der Waals surface area contributed by atoms with Crippen molar-refractivity contribution in [1.82, 2.24) is 9.88 Å². The number of hydrogen-bond donors (Lipinski definition) is 0. The van der Waals surface area contributed by atoms with Crippen molar-refractivity contribution >= 4 is 17.2 Å². The van der Waals surface area contributed by atoms with Crippen LogP contribution in [0.15, 0.2) is 41.4 Å². The minimum atomic E-state index is -0.0851. The second-order valence-corrected chi connectivity index (χ2v) is 7.01. The Kier molecular flexibility index (Phi) is 4.60. The average molecular weight is 344 g/mol. The standard InChI is InChI=1S/C18H20N2O3S/c21-18(14-5-8-24-12-14)20-10-16(17-15(20)4-2-7-22-17)23-11-13-3-1-6-19-9-13/h1,3,5-6,8-9,12,15-17H,2,4,7,10-11H2/t15-,16-,17+/m1/s1. The average Bonchev–Trinajstić information content (AvgIpc) is 3.29. The third-order valence-corrected chi connectivity index (χ3v) is 5.38. The Bertz CT molecular complexity index is 677. The largest absolute Gasteiger partial charge is 0.373 e. The van der Waals surface area contributed by atoms with E-state index in [0.29, 0.717) is 13.2 Å². The Hall–Kier alpha value is -1.76. The highest BCUT2D eigenvalue weighted by molar-refractivity contribution is 7.08. The summed E-state index contributed by atoms with van der Waals surface area (Å²) in [6.07, 6.45) is 5.41. The van der Waals surface area contributed by atoms with Gasteiger partial charge < -0.3 is 14.4 Å². The van der Waals surface area contributed by atoms with E-state index < -0.39 is 0 Å². The predicted octanol–water partition coefficient (Wildman–Crippen LogP) is 2.73. The molecule has 2 fully saturated rings. The number of rotatable bonds is 4. The van der Waals surface area contributed by atoms with Crippen molar-refractivity contribution in [3.8, 4) is 0 Å². The van der Waals surface area contributed by atoms with Gasteiger partial charge in [-0.3, -0.25) is 9.78 Å². The zero-order valence-electron chi connectivity index (χ0n) is 13.3. The minimum Gasteiger partial charge on any atom is -0.373 e. The summed E-state index contributed by atoms with van der Waals surface area (Å²) < 4.78 is 12.1. The molecular formula is C18H20N2O3S. The van der Waals surface area contributed by atoms with Gasteiger partial charge in [0.15, 0.2) is 0 Å². The Balaban J connectivity index is 1.48. The highest BCUT2D eigenvalue weighted by atomic mass is 32.1. The zero-order chi connectivity index (χ0) is 16.4. The first-order valence-electron chi connectivity index (χ1n) is 8.28. The van der Waals surface area contributed by atoms with Crippen molar-refractivity contribution in [3.63, 3.8) is 0 Å². The lowest BCUT2D eigenvalue weighted by Gasteiger charge is -2.32. The Morgan fingerprint density at radius 3 is 3.21 bits per heavy atom. The number of ether oxygens (including phenoxy) is 2. The topological polar surface area (TPSA) is 51.7 Å². The van der Waals surface area contributed by atoms with Crippen LogP contribution in [0.1, 0.15) is 28.8 Å². The van der Waals surface area contributed by atoms with E-state index in [2.05, 4.69) is 4.98 Å². The van der Waals surface area contributed by atoms with Crippen LogP contribution in [-0.2, 0) is 16.1 Å². The highest BCUT2D eigenvalue weighted by Crippen LogP contribution is 2.32. The summed E-state index contributed by atoms with van der Waals surface area (Å²) in [6, 6.07) is 5.90. The molecule has 2 saturated heterocycles. The summed E-state index contributed by atoms with van der Waals surface area (Å²) in [5.41, 5.74) is 1.80. The summed E-state index contributed by atoms with van der Waals surface area (Å²) >= 11 is 1.55. The maximum atomic E-state index is 12.8. The van der Waals surface area contributed by atoms with E-state index in [0.717, 1.165) is 30.6 Å². The normalized spacial score (nSPS) is 26.3. The van der Waals surface area contributed by atoms with Crippen molar-refractivity contribution in [3.05, 3.63) is 52.5 Å². The van der Waals surface area contributed by atoms with E-state index in [1.54, 1.807) is 17.5 Å². The number of amides is 1. The number of carbonyl (C=O) groups excluding carboxylic acids is 1. The van der Waals surface area contributed by atoms with Gasteiger partial charge in [-0.2, -0.15) is 11.3 Å². The van der Waals surface area contributed by atoms with Gasteiger partial charge in [0.1, 0.15) is 12.2 Å².